The van der Waals surface area contributed by atoms with Crippen molar-refractivity contribution in [3.63, 3.8) is 0 Å². The van der Waals surface area contributed by atoms with Crippen molar-refractivity contribution < 1.29 is 23.8 Å². The highest BCUT2D eigenvalue weighted by Crippen LogP contribution is 2.45. The molecule has 1 amide bonds. The van der Waals surface area contributed by atoms with E-state index in [2.05, 4.69) is 5.32 Å². The molecular formula is C30H34FN5O5. The number of pyridine rings is 2. The van der Waals surface area contributed by atoms with Gasteiger partial charge in [-0.2, -0.15) is 0 Å². The molecule has 4 heterocycles. The summed E-state index contributed by atoms with van der Waals surface area (Å²) < 4.78 is 21.8. The van der Waals surface area contributed by atoms with Gasteiger partial charge < -0.3 is 30.4 Å². The molecule has 3 aromatic rings. The van der Waals surface area contributed by atoms with E-state index in [1.165, 1.54) is 6.07 Å². The van der Waals surface area contributed by atoms with Gasteiger partial charge in [-0.25, -0.2) is 14.2 Å². The maximum atomic E-state index is 15.1. The van der Waals surface area contributed by atoms with Crippen molar-refractivity contribution >= 4 is 22.8 Å². The average molecular weight is 564 g/mol. The van der Waals surface area contributed by atoms with Crippen LogP contribution in [0.4, 0.5) is 4.39 Å². The van der Waals surface area contributed by atoms with E-state index in [0.29, 0.717) is 61.4 Å². The fourth-order valence-electron chi connectivity index (χ4n) is 6.59. The minimum atomic E-state index is -1.94. The normalized spacial score (nSPS) is 20.6. The number of rotatable bonds is 7. The summed E-state index contributed by atoms with van der Waals surface area (Å²) in [7, 11) is 1.92. The summed E-state index contributed by atoms with van der Waals surface area (Å²) in [6.07, 6.45) is 1.49. The molecule has 6 rings (SSSR count). The van der Waals surface area contributed by atoms with Crippen molar-refractivity contribution in [1.29, 1.82) is 0 Å². The summed E-state index contributed by atoms with van der Waals surface area (Å²) >= 11 is 0. The number of hydrogen-bond donors (Lipinski definition) is 3. The van der Waals surface area contributed by atoms with Crippen LogP contribution in [0, 0.1) is 12.7 Å². The number of likely N-dealkylation sites (N-methyl/N-ethyl adjacent to an activating group) is 1. The Morgan fingerprint density at radius 3 is 2.80 bits per heavy atom. The minimum Gasteiger partial charge on any atom is -0.458 e. The van der Waals surface area contributed by atoms with Crippen LogP contribution in [0.3, 0.4) is 0 Å². The van der Waals surface area contributed by atoms with Gasteiger partial charge in [-0.3, -0.25) is 9.59 Å². The lowest BCUT2D eigenvalue weighted by molar-refractivity contribution is -0.172. The van der Waals surface area contributed by atoms with Gasteiger partial charge in [0.2, 0.25) is 5.91 Å². The Morgan fingerprint density at radius 2 is 2.07 bits per heavy atom. The number of aliphatic hydroxyl groups is 1. The highest BCUT2D eigenvalue weighted by Gasteiger charge is 2.46. The molecule has 0 radical (unpaired) electrons. The number of cyclic esters (lactones) is 1. The number of ether oxygens (including phenoxy) is 1. The van der Waals surface area contributed by atoms with Crippen LogP contribution in [0.5, 0.6) is 0 Å². The molecule has 1 aliphatic carbocycles. The van der Waals surface area contributed by atoms with Crippen molar-refractivity contribution in [2.45, 2.75) is 64.3 Å². The van der Waals surface area contributed by atoms with E-state index >= 15 is 4.39 Å². The molecule has 4 N–H and O–H groups in total. The zero-order chi connectivity index (χ0) is 29.2. The summed E-state index contributed by atoms with van der Waals surface area (Å²) in [6.45, 7) is 5.15. The molecular weight excluding hydrogens is 529 g/mol. The number of hydrogen-bond acceptors (Lipinski definition) is 8. The molecule has 2 atom stereocenters. The van der Waals surface area contributed by atoms with Crippen LogP contribution in [0.15, 0.2) is 16.9 Å². The summed E-state index contributed by atoms with van der Waals surface area (Å²) in [5, 5.41) is 15.2. The monoisotopic (exact) mass is 563 g/mol. The maximum Gasteiger partial charge on any atom is 0.343 e. The summed E-state index contributed by atoms with van der Waals surface area (Å²) in [5.41, 5.74) is 8.20. The minimum absolute atomic E-state index is 0.0351. The van der Waals surface area contributed by atoms with E-state index in [1.807, 2.05) is 11.9 Å². The van der Waals surface area contributed by atoms with Crippen LogP contribution in [0.2, 0.25) is 0 Å². The molecule has 0 saturated carbocycles. The van der Waals surface area contributed by atoms with Gasteiger partial charge >= 0.3 is 5.97 Å². The van der Waals surface area contributed by atoms with E-state index in [1.54, 1.807) is 24.5 Å². The van der Waals surface area contributed by atoms with Gasteiger partial charge in [-0.1, -0.05) is 6.92 Å². The number of benzene rings is 1. The number of amides is 1. The maximum absolute atomic E-state index is 15.1. The zero-order valence-corrected chi connectivity index (χ0v) is 23.5. The van der Waals surface area contributed by atoms with Gasteiger partial charge in [0.25, 0.3) is 5.56 Å². The molecule has 11 heteroatoms. The van der Waals surface area contributed by atoms with Gasteiger partial charge in [0.05, 0.1) is 35.1 Å². The van der Waals surface area contributed by atoms with Gasteiger partial charge in [-0.05, 0) is 56.0 Å². The van der Waals surface area contributed by atoms with Crippen LogP contribution < -0.4 is 16.6 Å². The predicted molar refractivity (Wildman–Crippen MR) is 150 cm³/mol. The zero-order valence-electron chi connectivity index (χ0n) is 23.5. The molecule has 0 bridgehead atoms. The third-order valence-corrected chi connectivity index (χ3v) is 8.94. The van der Waals surface area contributed by atoms with Gasteiger partial charge in [0, 0.05) is 48.6 Å². The molecule has 0 spiro atoms. The van der Waals surface area contributed by atoms with E-state index in [0.717, 1.165) is 22.1 Å². The van der Waals surface area contributed by atoms with Crippen molar-refractivity contribution in [3.8, 4) is 11.4 Å². The number of fused-ring (bicyclic) bond motifs is 5. The second-order valence-corrected chi connectivity index (χ2v) is 11.3. The number of nitrogens with two attached hydrogens (primary N) is 1. The Hall–Kier alpha value is -3.67. The largest absolute Gasteiger partial charge is 0.458 e. The third kappa shape index (κ3) is 4.17. The first kappa shape index (κ1) is 27.5. The predicted octanol–water partition coefficient (Wildman–Crippen LogP) is 1.91. The number of halogens is 1. The Morgan fingerprint density at radius 1 is 1.29 bits per heavy atom. The number of carbonyl (C=O) groups is 2. The fraction of sp³-hybridized carbons (Fsp3) is 0.467. The summed E-state index contributed by atoms with van der Waals surface area (Å²) in [4.78, 5) is 46.2. The second kappa shape index (κ2) is 10.0. The molecule has 41 heavy (non-hydrogen) atoms. The number of aromatic nitrogens is 2. The van der Waals surface area contributed by atoms with E-state index in [4.69, 9.17) is 15.5 Å². The summed E-state index contributed by atoms with van der Waals surface area (Å²) in [6, 6.07) is 2.70. The first-order valence-corrected chi connectivity index (χ1v) is 14.1. The highest BCUT2D eigenvalue weighted by atomic mass is 19.1. The van der Waals surface area contributed by atoms with Crippen LogP contribution in [-0.2, 0) is 39.5 Å². The molecule has 2 aromatic heterocycles. The highest BCUT2D eigenvalue weighted by molar-refractivity contribution is 5.94. The SMILES string of the molecule is CC[C@@]1(O)C(=O)OCc2c1cc1n(c2=O)Cc2c-1nc1cc(F)c(C)c3c1c2[C@@H](NC(=O)CCN(C)CCN)CC3. The van der Waals surface area contributed by atoms with E-state index in [9.17, 15) is 19.5 Å². The standard InChI is InChI=1S/C30H34FN5O5/c1-4-30(40)19-11-23-27-17(13-36(23)28(38)18(19)14-41-29(30)39)26-21(33-24(37)7-9-35(3)10-8-32)6-5-16-15(2)20(31)12-22(34-27)25(16)26/h11-12,21,40H,4-10,13-14,32H2,1-3H3,(H,33,37)/t21-,30-/m0/s1. The van der Waals surface area contributed by atoms with Gasteiger partial charge in [-0.15, -0.1) is 0 Å². The average Bonchev–Trinajstić information content (AvgIpc) is 3.32. The Bertz CT molecular complexity index is 1680. The molecule has 216 valence electrons. The summed E-state index contributed by atoms with van der Waals surface area (Å²) in [5.74, 6) is -1.26. The van der Waals surface area contributed by atoms with E-state index in [-0.39, 0.29) is 54.0 Å². The van der Waals surface area contributed by atoms with Gasteiger partial charge in [0.1, 0.15) is 12.4 Å². The van der Waals surface area contributed by atoms with Crippen molar-refractivity contribution in [1.82, 2.24) is 19.8 Å². The smallest absolute Gasteiger partial charge is 0.343 e. The quantitative estimate of drug-likeness (QED) is 0.290. The molecule has 1 aromatic carbocycles. The van der Waals surface area contributed by atoms with Crippen LogP contribution >= 0.6 is 0 Å². The van der Waals surface area contributed by atoms with Crippen molar-refractivity contribution in [3.05, 3.63) is 61.7 Å². The van der Waals surface area contributed by atoms with Crippen LogP contribution in [-0.4, -0.2) is 58.1 Å². The molecule has 10 nitrogen and oxygen atoms in total. The topological polar surface area (TPSA) is 140 Å². The third-order valence-electron chi connectivity index (χ3n) is 8.94. The number of aryl methyl sites for hydroxylation is 1. The molecule has 0 saturated heterocycles. The Balaban J connectivity index is 1.51. The number of nitrogens with one attached hydrogen (secondary N) is 1. The Kier molecular flexibility index (Phi) is 6.71. The number of carbonyl (C=O) groups excluding carboxylic acids is 2. The van der Waals surface area contributed by atoms with E-state index < -0.39 is 11.6 Å². The molecule has 3 aliphatic rings. The van der Waals surface area contributed by atoms with Gasteiger partial charge in [0.15, 0.2) is 5.60 Å². The fourth-order valence-corrected chi connectivity index (χ4v) is 6.59. The Labute approximate surface area is 236 Å². The van der Waals surface area contributed by atoms with Crippen LogP contribution in [0.25, 0.3) is 22.3 Å². The first-order chi connectivity index (χ1) is 19.6. The first-order valence-electron chi connectivity index (χ1n) is 14.1. The molecule has 2 aliphatic heterocycles. The number of esters is 1. The molecule has 0 fully saturated rings. The lowest BCUT2D eigenvalue weighted by Crippen LogP contribution is -2.44. The second-order valence-electron chi connectivity index (χ2n) is 11.3. The van der Waals surface area contributed by atoms with Crippen LogP contribution in [0.1, 0.15) is 65.6 Å². The number of nitrogens with zero attached hydrogens (tertiary/aromatic N) is 3. The molecule has 0 unspecified atom stereocenters. The lowest BCUT2D eigenvalue weighted by Gasteiger charge is -2.31. The van der Waals surface area contributed by atoms with Crippen molar-refractivity contribution in [2.75, 3.05) is 26.7 Å². The van der Waals surface area contributed by atoms with Crippen molar-refractivity contribution in [2.24, 2.45) is 5.73 Å². The lowest BCUT2D eigenvalue weighted by atomic mass is 9.81.